The van der Waals surface area contributed by atoms with Crippen LogP contribution in [-0.4, -0.2) is 30.1 Å². The van der Waals surface area contributed by atoms with Crippen molar-refractivity contribution < 1.29 is 0 Å². The van der Waals surface area contributed by atoms with Gasteiger partial charge in [0.1, 0.15) is 0 Å². The molecule has 0 spiro atoms. The van der Waals surface area contributed by atoms with Crippen molar-refractivity contribution in [1.29, 1.82) is 0 Å². The summed E-state index contributed by atoms with van der Waals surface area (Å²) in [6.45, 7) is 5.05. The van der Waals surface area contributed by atoms with E-state index in [1.807, 2.05) is 0 Å². The first-order chi connectivity index (χ1) is 8.29. The van der Waals surface area contributed by atoms with Crippen molar-refractivity contribution >= 4 is 0 Å². The van der Waals surface area contributed by atoms with E-state index < -0.39 is 0 Å². The van der Waals surface area contributed by atoms with Crippen LogP contribution in [0, 0.1) is 17.8 Å². The van der Waals surface area contributed by atoms with Crippen LogP contribution >= 0.6 is 0 Å². The van der Waals surface area contributed by atoms with Crippen LogP contribution in [0.25, 0.3) is 0 Å². The summed E-state index contributed by atoms with van der Waals surface area (Å²) in [5.74, 6) is 2.73. The summed E-state index contributed by atoms with van der Waals surface area (Å²) in [5, 5.41) is 0. The highest BCUT2D eigenvalue weighted by Gasteiger charge is 2.43. The van der Waals surface area contributed by atoms with Crippen molar-refractivity contribution in [3.63, 3.8) is 0 Å². The van der Waals surface area contributed by atoms with Crippen LogP contribution in [0.4, 0.5) is 0 Å². The second-order valence-corrected chi connectivity index (χ2v) is 6.64. The number of hydrogen-bond donors (Lipinski definition) is 1. The van der Waals surface area contributed by atoms with Crippen LogP contribution in [0.5, 0.6) is 0 Å². The quantitative estimate of drug-likeness (QED) is 0.798. The molecular weight excluding hydrogens is 208 g/mol. The SMILES string of the molecule is CCC1CCCC1N1CC2CCCC(N)C2C1. The highest BCUT2D eigenvalue weighted by Crippen LogP contribution is 2.40. The third-order valence-electron chi connectivity index (χ3n) is 5.79. The average Bonchev–Trinajstić information content (AvgIpc) is 2.94. The van der Waals surface area contributed by atoms with Crippen molar-refractivity contribution in [3.05, 3.63) is 0 Å². The molecule has 98 valence electrons. The van der Waals surface area contributed by atoms with Crippen LogP contribution in [0.2, 0.25) is 0 Å². The maximum absolute atomic E-state index is 6.32. The van der Waals surface area contributed by atoms with Gasteiger partial charge in [0.25, 0.3) is 0 Å². The Hall–Kier alpha value is -0.0800. The molecule has 5 unspecified atom stereocenters. The lowest BCUT2D eigenvalue weighted by Gasteiger charge is -2.30. The molecule has 3 fully saturated rings. The maximum atomic E-state index is 6.32. The first-order valence-corrected chi connectivity index (χ1v) is 7.79. The van der Waals surface area contributed by atoms with E-state index in [2.05, 4.69) is 11.8 Å². The summed E-state index contributed by atoms with van der Waals surface area (Å²) in [7, 11) is 0. The predicted molar refractivity (Wildman–Crippen MR) is 71.8 cm³/mol. The number of nitrogens with two attached hydrogens (primary N) is 1. The molecule has 2 saturated carbocycles. The van der Waals surface area contributed by atoms with Gasteiger partial charge in [-0.25, -0.2) is 0 Å². The van der Waals surface area contributed by atoms with Gasteiger partial charge in [0.2, 0.25) is 0 Å². The van der Waals surface area contributed by atoms with Gasteiger partial charge in [-0.05, 0) is 43.4 Å². The fourth-order valence-corrected chi connectivity index (χ4v) is 4.80. The van der Waals surface area contributed by atoms with Gasteiger partial charge in [-0.3, -0.25) is 4.90 Å². The van der Waals surface area contributed by atoms with Gasteiger partial charge in [0.15, 0.2) is 0 Å². The third-order valence-corrected chi connectivity index (χ3v) is 5.79. The molecule has 0 bridgehead atoms. The molecule has 0 aromatic carbocycles. The molecule has 5 atom stereocenters. The number of nitrogens with zero attached hydrogens (tertiary/aromatic N) is 1. The molecular formula is C15H28N2. The highest BCUT2D eigenvalue weighted by molar-refractivity contribution is 4.97. The van der Waals surface area contributed by atoms with Crippen molar-refractivity contribution in [3.8, 4) is 0 Å². The van der Waals surface area contributed by atoms with Gasteiger partial charge in [0.05, 0.1) is 0 Å². The van der Waals surface area contributed by atoms with Crippen LogP contribution in [0.1, 0.15) is 51.9 Å². The lowest BCUT2D eigenvalue weighted by molar-refractivity contribution is 0.183. The standard InChI is InChI=1S/C15H28N2/c1-2-11-5-4-8-15(11)17-9-12-6-3-7-14(16)13(12)10-17/h11-15H,2-10,16H2,1H3. The lowest BCUT2D eigenvalue weighted by atomic mass is 9.78. The molecule has 2 aliphatic carbocycles. The Morgan fingerprint density at radius 1 is 1.06 bits per heavy atom. The molecule has 2 N–H and O–H groups in total. The second kappa shape index (κ2) is 4.89. The lowest BCUT2D eigenvalue weighted by Crippen LogP contribution is -2.39. The Labute approximate surface area is 106 Å². The molecule has 0 aromatic rings. The molecule has 0 amide bonds. The van der Waals surface area contributed by atoms with E-state index in [0.717, 1.165) is 23.8 Å². The van der Waals surface area contributed by atoms with Crippen molar-refractivity contribution in [1.82, 2.24) is 4.90 Å². The van der Waals surface area contributed by atoms with E-state index in [9.17, 15) is 0 Å². The third kappa shape index (κ3) is 2.15. The Kier molecular flexibility index (Phi) is 3.45. The van der Waals surface area contributed by atoms with Gasteiger partial charge in [-0.2, -0.15) is 0 Å². The summed E-state index contributed by atoms with van der Waals surface area (Å²) < 4.78 is 0. The zero-order chi connectivity index (χ0) is 11.8. The Morgan fingerprint density at radius 3 is 2.65 bits per heavy atom. The molecule has 3 rings (SSSR count). The molecule has 0 radical (unpaired) electrons. The zero-order valence-electron chi connectivity index (χ0n) is 11.3. The molecule has 2 nitrogen and oxygen atoms in total. The average molecular weight is 236 g/mol. The first-order valence-electron chi connectivity index (χ1n) is 7.79. The summed E-state index contributed by atoms with van der Waals surface area (Å²) in [4.78, 5) is 2.82. The Morgan fingerprint density at radius 2 is 1.88 bits per heavy atom. The number of fused-ring (bicyclic) bond motifs is 1. The molecule has 3 aliphatic rings. The van der Waals surface area contributed by atoms with Crippen LogP contribution < -0.4 is 5.73 Å². The fraction of sp³-hybridized carbons (Fsp3) is 1.00. The Balaban J connectivity index is 1.66. The predicted octanol–water partition coefficient (Wildman–Crippen LogP) is 2.62. The summed E-state index contributed by atoms with van der Waals surface area (Å²) in [6, 6.07) is 1.40. The molecule has 1 saturated heterocycles. The largest absolute Gasteiger partial charge is 0.327 e. The highest BCUT2D eigenvalue weighted by atomic mass is 15.2. The molecule has 17 heavy (non-hydrogen) atoms. The van der Waals surface area contributed by atoms with Crippen LogP contribution in [-0.2, 0) is 0 Å². The monoisotopic (exact) mass is 236 g/mol. The van der Waals surface area contributed by atoms with E-state index in [1.54, 1.807) is 0 Å². The van der Waals surface area contributed by atoms with Gasteiger partial charge < -0.3 is 5.73 Å². The number of rotatable bonds is 2. The molecule has 1 aliphatic heterocycles. The van der Waals surface area contributed by atoms with Crippen LogP contribution in [0.15, 0.2) is 0 Å². The normalized spacial score (nSPS) is 47.3. The number of likely N-dealkylation sites (tertiary alicyclic amines) is 1. The van der Waals surface area contributed by atoms with Gasteiger partial charge >= 0.3 is 0 Å². The maximum Gasteiger partial charge on any atom is 0.0124 e. The minimum atomic E-state index is 0.500. The van der Waals surface area contributed by atoms with Crippen molar-refractivity contribution in [2.75, 3.05) is 13.1 Å². The fourth-order valence-electron chi connectivity index (χ4n) is 4.80. The minimum Gasteiger partial charge on any atom is -0.327 e. The second-order valence-electron chi connectivity index (χ2n) is 6.64. The molecule has 0 aromatic heterocycles. The summed E-state index contributed by atoms with van der Waals surface area (Å²) in [6.07, 6.45) is 9.85. The van der Waals surface area contributed by atoms with E-state index in [4.69, 9.17) is 5.73 Å². The van der Waals surface area contributed by atoms with Crippen LogP contribution in [0.3, 0.4) is 0 Å². The van der Waals surface area contributed by atoms with Gasteiger partial charge in [0, 0.05) is 25.2 Å². The summed E-state index contributed by atoms with van der Waals surface area (Å²) >= 11 is 0. The van der Waals surface area contributed by atoms with E-state index >= 15 is 0 Å². The van der Waals surface area contributed by atoms with E-state index in [0.29, 0.717) is 6.04 Å². The zero-order valence-corrected chi connectivity index (χ0v) is 11.3. The molecule has 2 heteroatoms. The van der Waals surface area contributed by atoms with Gasteiger partial charge in [-0.15, -0.1) is 0 Å². The van der Waals surface area contributed by atoms with Crippen molar-refractivity contribution in [2.24, 2.45) is 23.5 Å². The van der Waals surface area contributed by atoms with Crippen molar-refractivity contribution in [2.45, 2.75) is 64.0 Å². The summed E-state index contributed by atoms with van der Waals surface area (Å²) in [5.41, 5.74) is 6.32. The minimum absolute atomic E-state index is 0.500. The van der Waals surface area contributed by atoms with E-state index in [-0.39, 0.29) is 0 Å². The molecule has 1 heterocycles. The van der Waals surface area contributed by atoms with Gasteiger partial charge in [-0.1, -0.05) is 26.2 Å². The Bertz CT molecular complexity index is 266. The smallest absolute Gasteiger partial charge is 0.0124 e. The number of hydrogen-bond acceptors (Lipinski definition) is 2. The van der Waals surface area contributed by atoms with E-state index in [1.165, 1.54) is 58.0 Å². The first kappa shape index (κ1) is 12.0. The topological polar surface area (TPSA) is 29.3 Å².